The summed E-state index contributed by atoms with van der Waals surface area (Å²) < 4.78 is 29.1. The van der Waals surface area contributed by atoms with Crippen molar-refractivity contribution >= 4 is 11.6 Å². The maximum Gasteiger partial charge on any atom is 0.329 e. The topological polar surface area (TPSA) is 64.1 Å². The lowest BCUT2D eigenvalue weighted by Gasteiger charge is -2.08. The van der Waals surface area contributed by atoms with Gasteiger partial charge in [-0.05, 0) is 6.42 Å². The van der Waals surface area contributed by atoms with Crippen LogP contribution in [0.3, 0.4) is 0 Å². The highest BCUT2D eigenvalue weighted by Crippen LogP contribution is 2.05. The summed E-state index contributed by atoms with van der Waals surface area (Å²) in [5.74, 6) is 0. The van der Waals surface area contributed by atoms with Crippen LogP contribution in [-0.2, 0) is 17.7 Å². The van der Waals surface area contributed by atoms with Gasteiger partial charge in [0.1, 0.15) is 11.8 Å². The van der Waals surface area contributed by atoms with E-state index >= 15 is 0 Å². The minimum Gasteiger partial charge on any atom is -0.374 e. The number of aromatic amines is 1. The second-order valence-electron chi connectivity index (χ2n) is 3.50. The fourth-order valence-corrected chi connectivity index (χ4v) is 1.72. The Morgan fingerprint density at radius 1 is 1.44 bits per heavy atom. The van der Waals surface area contributed by atoms with E-state index in [1.54, 1.807) is 6.92 Å². The third kappa shape index (κ3) is 3.64. The summed E-state index contributed by atoms with van der Waals surface area (Å²) in [5, 5.41) is 0.0113. The molecule has 0 fully saturated rings. The molecule has 0 saturated carbocycles. The largest absolute Gasteiger partial charge is 0.374 e. The van der Waals surface area contributed by atoms with Gasteiger partial charge < -0.3 is 4.74 Å². The number of halogens is 3. The van der Waals surface area contributed by atoms with E-state index in [0.29, 0.717) is 6.42 Å². The first-order valence-electron chi connectivity index (χ1n) is 5.34. The minimum atomic E-state index is -2.57. The molecule has 0 spiro atoms. The number of hydrogen-bond acceptors (Lipinski definition) is 3. The van der Waals surface area contributed by atoms with Crippen LogP contribution in [0.15, 0.2) is 9.59 Å². The van der Waals surface area contributed by atoms with E-state index in [9.17, 15) is 18.4 Å². The normalized spacial score (nSPS) is 11.2. The Kier molecular flexibility index (Phi) is 5.49. The monoisotopic (exact) mass is 282 g/mol. The molecule has 0 bridgehead atoms. The van der Waals surface area contributed by atoms with Gasteiger partial charge in [-0.2, -0.15) is 0 Å². The molecular formula is C10H13ClF2N2O3. The Morgan fingerprint density at radius 3 is 2.67 bits per heavy atom. The van der Waals surface area contributed by atoms with Gasteiger partial charge in [-0.3, -0.25) is 14.3 Å². The van der Waals surface area contributed by atoms with Gasteiger partial charge in [0.2, 0.25) is 0 Å². The lowest BCUT2D eigenvalue weighted by atomic mass is 10.2. The molecule has 1 aromatic heterocycles. The minimum absolute atomic E-state index is 0.0113. The molecule has 0 aromatic carbocycles. The average Bonchev–Trinajstić information content (AvgIpc) is 2.27. The highest BCUT2D eigenvalue weighted by Gasteiger charge is 2.11. The lowest BCUT2D eigenvalue weighted by molar-refractivity contribution is 0.0142. The van der Waals surface area contributed by atoms with E-state index in [1.807, 2.05) is 0 Å². The van der Waals surface area contributed by atoms with E-state index < -0.39 is 24.3 Å². The molecule has 1 aromatic rings. The van der Waals surface area contributed by atoms with Crippen molar-refractivity contribution in [2.45, 2.75) is 26.3 Å². The predicted octanol–water partition coefficient (Wildman–Crippen LogP) is 1.03. The van der Waals surface area contributed by atoms with Crippen molar-refractivity contribution in [2.24, 2.45) is 0 Å². The summed E-state index contributed by atoms with van der Waals surface area (Å²) in [6.45, 7) is 0.766. The predicted molar refractivity (Wildman–Crippen MR) is 62.5 cm³/mol. The number of hydrogen-bond donors (Lipinski definition) is 1. The van der Waals surface area contributed by atoms with Gasteiger partial charge >= 0.3 is 5.69 Å². The maximum absolute atomic E-state index is 11.8. The van der Waals surface area contributed by atoms with Gasteiger partial charge in [0.25, 0.3) is 12.0 Å². The second-order valence-corrected chi connectivity index (χ2v) is 3.88. The molecule has 1 heterocycles. The number of aromatic nitrogens is 2. The summed E-state index contributed by atoms with van der Waals surface area (Å²) in [5.41, 5.74) is -0.917. The molecule has 0 unspecified atom stereocenters. The summed E-state index contributed by atoms with van der Waals surface area (Å²) in [7, 11) is 0. The summed E-state index contributed by atoms with van der Waals surface area (Å²) in [6.07, 6.45) is -2.21. The Labute approximate surface area is 106 Å². The zero-order chi connectivity index (χ0) is 13.7. The van der Waals surface area contributed by atoms with E-state index in [-0.39, 0.29) is 23.9 Å². The van der Waals surface area contributed by atoms with Crippen molar-refractivity contribution in [2.75, 3.05) is 13.2 Å². The number of nitrogens with zero attached hydrogens (tertiary/aromatic N) is 1. The molecule has 18 heavy (non-hydrogen) atoms. The van der Waals surface area contributed by atoms with Crippen molar-refractivity contribution in [1.29, 1.82) is 0 Å². The van der Waals surface area contributed by atoms with Crippen LogP contribution in [0.4, 0.5) is 8.78 Å². The van der Waals surface area contributed by atoms with Crippen LogP contribution in [0.25, 0.3) is 0 Å². The fraction of sp³-hybridized carbons (Fsp3) is 0.600. The second kappa shape index (κ2) is 6.65. The average molecular weight is 283 g/mol. The molecule has 0 aliphatic rings. The molecule has 1 rings (SSSR count). The summed E-state index contributed by atoms with van der Waals surface area (Å²) in [4.78, 5) is 25.6. The SMILES string of the molecule is CCc1c(Cl)[nH]c(=O)n(CCOCC(F)F)c1=O. The quantitative estimate of drug-likeness (QED) is 0.626. The number of nitrogens with one attached hydrogen (secondary N) is 1. The van der Waals surface area contributed by atoms with Crippen molar-refractivity contribution < 1.29 is 13.5 Å². The van der Waals surface area contributed by atoms with Crippen LogP contribution in [0, 0.1) is 0 Å². The Balaban J connectivity index is 2.83. The van der Waals surface area contributed by atoms with Gasteiger partial charge in [-0.1, -0.05) is 18.5 Å². The number of alkyl halides is 2. The molecule has 0 amide bonds. The molecule has 0 atom stereocenters. The van der Waals surface area contributed by atoms with E-state index in [2.05, 4.69) is 9.72 Å². The zero-order valence-electron chi connectivity index (χ0n) is 9.71. The van der Waals surface area contributed by atoms with E-state index in [0.717, 1.165) is 4.57 Å². The first-order valence-corrected chi connectivity index (χ1v) is 5.72. The van der Waals surface area contributed by atoms with Gasteiger partial charge in [0.05, 0.1) is 18.7 Å². The molecule has 0 radical (unpaired) electrons. The van der Waals surface area contributed by atoms with Crippen molar-refractivity contribution in [3.63, 3.8) is 0 Å². The Bertz CT molecular complexity index is 513. The zero-order valence-corrected chi connectivity index (χ0v) is 10.5. The third-order valence-corrected chi connectivity index (χ3v) is 2.61. The fourth-order valence-electron chi connectivity index (χ4n) is 1.42. The maximum atomic E-state index is 11.8. The first kappa shape index (κ1) is 14.8. The number of rotatable bonds is 6. The van der Waals surface area contributed by atoms with Gasteiger partial charge in [-0.25, -0.2) is 13.6 Å². The Morgan fingerprint density at radius 2 is 2.11 bits per heavy atom. The third-order valence-electron chi connectivity index (χ3n) is 2.29. The molecule has 5 nitrogen and oxygen atoms in total. The summed E-state index contributed by atoms with van der Waals surface area (Å²) in [6, 6.07) is 0. The smallest absolute Gasteiger partial charge is 0.329 e. The van der Waals surface area contributed by atoms with Crippen LogP contribution < -0.4 is 11.2 Å². The number of H-pyrrole nitrogens is 1. The van der Waals surface area contributed by atoms with Crippen LogP contribution in [-0.4, -0.2) is 29.2 Å². The summed E-state index contributed by atoms with van der Waals surface area (Å²) >= 11 is 5.71. The highest BCUT2D eigenvalue weighted by atomic mass is 35.5. The van der Waals surface area contributed by atoms with Crippen LogP contribution >= 0.6 is 11.6 Å². The van der Waals surface area contributed by atoms with E-state index in [4.69, 9.17) is 11.6 Å². The highest BCUT2D eigenvalue weighted by molar-refractivity contribution is 6.30. The van der Waals surface area contributed by atoms with Gasteiger partial charge in [-0.15, -0.1) is 0 Å². The van der Waals surface area contributed by atoms with Crippen molar-refractivity contribution in [1.82, 2.24) is 9.55 Å². The van der Waals surface area contributed by atoms with Crippen molar-refractivity contribution in [3.8, 4) is 0 Å². The lowest BCUT2D eigenvalue weighted by Crippen LogP contribution is -2.38. The van der Waals surface area contributed by atoms with E-state index in [1.165, 1.54) is 0 Å². The van der Waals surface area contributed by atoms with Crippen LogP contribution in [0.1, 0.15) is 12.5 Å². The first-order chi connectivity index (χ1) is 8.47. The molecular weight excluding hydrogens is 270 g/mol. The molecule has 0 aliphatic carbocycles. The molecule has 0 aliphatic heterocycles. The Hall–Kier alpha value is -1.21. The molecule has 0 saturated heterocycles. The van der Waals surface area contributed by atoms with Crippen LogP contribution in [0.5, 0.6) is 0 Å². The van der Waals surface area contributed by atoms with Crippen LogP contribution in [0.2, 0.25) is 5.15 Å². The van der Waals surface area contributed by atoms with Gasteiger partial charge in [0, 0.05) is 0 Å². The standard InChI is InChI=1S/C10H13ClF2N2O3/c1-2-6-8(11)14-10(17)15(9(6)16)3-4-18-5-7(12)13/h7H,2-5H2,1H3,(H,14,17). The van der Waals surface area contributed by atoms with Crippen molar-refractivity contribution in [3.05, 3.63) is 31.6 Å². The molecule has 1 N–H and O–H groups in total. The van der Waals surface area contributed by atoms with Gasteiger partial charge in [0.15, 0.2) is 0 Å². The molecule has 8 heteroatoms. The number of ether oxygens (including phenoxy) is 1. The molecule has 102 valence electrons.